The first-order valence-electron chi connectivity index (χ1n) is 5.93. The molecule has 106 valence electrons. The molecule has 7 heteroatoms. The number of benzene rings is 1. The molecule has 0 saturated carbocycles. The van der Waals surface area contributed by atoms with Crippen LogP contribution < -0.4 is 4.74 Å². The number of hydrogen-bond donors (Lipinski definition) is 0. The van der Waals surface area contributed by atoms with Crippen LogP contribution in [0.2, 0.25) is 0 Å². The molecule has 1 aromatic heterocycles. The molecule has 0 atom stereocenters. The number of aromatic nitrogens is 1. The van der Waals surface area contributed by atoms with Gasteiger partial charge in [0.15, 0.2) is 5.75 Å². The minimum Gasteiger partial charge on any atom is -0.482 e. The third kappa shape index (κ3) is 3.55. The summed E-state index contributed by atoms with van der Waals surface area (Å²) in [7, 11) is 0. The van der Waals surface area contributed by atoms with Crippen molar-refractivity contribution >= 4 is 21.6 Å². The predicted molar refractivity (Wildman–Crippen MR) is 78.8 cm³/mol. The summed E-state index contributed by atoms with van der Waals surface area (Å²) in [6.45, 7) is 1.86. The van der Waals surface area contributed by atoms with Gasteiger partial charge in [-0.1, -0.05) is 15.9 Å². The van der Waals surface area contributed by atoms with E-state index in [0.29, 0.717) is 10.0 Å². The van der Waals surface area contributed by atoms with E-state index in [2.05, 4.69) is 20.9 Å². The maximum atomic E-state index is 11.1. The smallest absolute Gasteiger partial charge is 0.312 e. The Morgan fingerprint density at radius 2 is 2.24 bits per heavy atom. The van der Waals surface area contributed by atoms with Crippen molar-refractivity contribution in [2.45, 2.75) is 13.5 Å². The monoisotopic (exact) mass is 347 g/mol. The van der Waals surface area contributed by atoms with Crippen molar-refractivity contribution in [2.24, 2.45) is 0 Å². The van der Waals surface area contributed by atoms with Gasteiger partial charge in [-0.05, 0) is 36.2 Å². The van der Waals surface area contributed by atoms with Gasteiger partial charge in [-0.3, -0.25) is 10.1 Å². The number of nitriles is 1. The highest BCUT2D eigenvalue weighted by Crippen LogP contribution is 2.34. The highest BCUT2D eigenvalue weighted by Gasteiger charge is 2.19. The fourth-order valence-electron chi connectivity index (χ4n) is 1.82. The highest BCUT2D eigenvalue weighted by atomic mass is 79.9. The molecule has 0 aliphatic carbocycles. The van der Waals surface area contributed by atoms with E-state index in [1.807, 2.05) is 6.07 Å². The van der Waals surface area contributed by atoms with Crippen LogP contribution >= 0.6 is 15.9 Å². The topological polar surface area (TPSA) is 89.1 Å². The SMILES string of the molecule is Cc1cc(Br)cc([N+](=O)[O-])c1OCc1ccnc(C#N)c1. The van der Waals surface area contributed by atoms with Crippen molar-refractivity contribution in [3.63, 3.8) is 0 Å². The summed E-state index contributed by atoms with van der Waals surface area (Å²) in [6.07, 6.45) is 1.50. The first-order chi connectivity index (χ1) is 10.0. The molecule has 0 saturated heterocycles. The Labute approximate surface area is 129 Å². The van der Waals surface area contributed by atoms with Gasteiger partial charge in [0.25, 0.3) is 0 Å². The number of halogens is 1. The van der Waals surface area contributed by atoms with Crippen LogP contribution in [-0.4, -0.2) is 9.91 Å². The van der Waals surface area contributed by atoms with Gasteiger partial charge < -0.3 is 4.74 Å². The molecule has 2 aromatic rings. The number of aryl methyl sites for hydroxylation is 1. The Kier molecular flexibility index (Phi) is 4.50. The lowest BCUT2D eigenvalue weighted by molar-refractivity contribution is -0.386. The van der Waals surface area contributed by atoms with Gasteiger partial charge in [-0.25, -0.2) is 4.98 Å². The lowest BCUT2D eigenvalue weighted by Gasteiger charge is -2.10. The Hall–Kier alpha value is -2.46. The van der Waals surface area contributed by atoms with E-state index in [9.17, 15) is 10.1 Å². The minimum absolute atomic E-state index is 0.101. The van der Waals surface area contributed by atoms with Gasteiger partial charge in [0.05, 0.1) is 4.92 Å². The zero-order chi connectivity index (χ0) is 15.4. The quantitative estimate of drug-likeness (QED) is 0.623. The Bertz CT molecular complexity index is 741. The van der Waals surface area contributed by atoms with Gasteiger partial charge in [0.2, 0.25) is 0 Å². The van der Waals surface area contributed by atoms with Crippen molar-refractivity contribution in [3.8, 4) is 11.8 Å². The number of hydrogen-bond acceptors (Lipinski definition) is 5. The van der Waals surface area contributed by atoms with Crippen molar-refractivity contribution in [3.05, 3.63) is 61.9 Å². The molecule has 6 nitrogen and oxygen atoms in total. The molecule has 1 heterocycles. The normalized spacial score (nSPS) is 9.95. The van der Waals surface area contributed by atoms with Gasteiger partial charge in [0, 0.05) is 16.7 Å². The van der Waals surface area contributed by atoms with Crippen LogP contribution in [0.5, 0.6) is 5.75 Å². The highest BCUT2D eigenvalue weighted by molar-refractivity contribution is 9.10. The molecule has 0 unspecified atom stereocenters. The third-order valence-corrected chi connectivity index (χ3v) is 3.20. The zero-order valence-electron chi connectivity index (χ0n) is 11.0. The molecule has 0 fully saturated rings. The van der Waals surface area contributed by atoms with Gasteiger partial charge >= 0.3 is 5.69 Å². The number of ether oxygens (including phenoxy) is 1. The largest absolute Gasteiger partial charge is 0.482 e. The second-order valence-corrected chi connectivity index (χ2v) is 5.19. The predicted octanol–water partition coefficient (Wildman–Crippen LogP) is 3.51. The van der Waals surface area contributed by atoms with Gasteiger partial charge in [-0.2, -0.15) is 5.26 Å². The second kappa shape index (κ2) is 6.33. The first-order valence-corrected chi connectivity index (χ1v) is 6.73. The van der Waals surface area contributed by atoms with Crippen LogP contribution in [0.25, 0.3) is 0 Å². The number of nitro benzene ring substituents is 1. The molecule has 21 heavy (non-hydrogen) atoms. The maximum absolute atomic E-state index is 11.1. The van der Waals surface area contributed by atoms with E-state index in [1.54, 1.807) is 25.1 Å². The van der Waals surface area contributed by atoms with Gasteiger partial charge in [0.1, 0.15) is 18.4 Å². The molecule has 0 spiro atoms. The summed E-state index contributed by atoms with van der Waals surface area (Å²) in [5.74, 6) is 0.221. The fourth-order valence-corrected chi connectivity index (χ4v) is 2.38. The lowest BCUT2D eigenvalue weighted by atomic mass is 10.2. The number of nitro groups is 1. The van der Waals surface area contributed by atoms with E-state index >= 15 is 0 Å². The zero-order valence-corrected chi connectivity index (χ0v) is 12.6. The Morgan fingerprint density at radius 3 is 2.90 bits per heavy atom. The van der Waals surface area contributed by atoms with Crippen molar-refractivity contribution in [2.75, 3.05) is 0 Å². The molecular formula is C14H10BrN3O3. The van der Waals surface area contributed by atoms with Crippen molar-refractivity contribution in [1.82, 2.24) is 4.98 Å². The Morgan fingerprint density at radius 1 is 1.48 bits per heavy atom. The summed E-state index contributed by atoms with van der Waals surface area (Å²) >= 11 is 3.23. The summed E-state index contributed by atoms with van der Waals surface area (Å²) < 4.78 is 6.19. The number of nitrogens with zero attached hydrogens (tertiary/aromatic N) is 3. The summed E-state index contributed by atoms with van der Waals surface area (Å²) in [6, 6.07) is 8.36. The fraction of sp³-hybridized carbons (Fsp3) is 0.143. The summed E-state index contributed by atoms with van der Waals surface area (Å²) in [4.78, 5) is 14.5. The van der Waals surface area contributed by atoms with E-state index < -0.39 is 4.92 Å². The van der Waals surface area contributed by atoms with Crippen molar-refractivity contribution < 1.29 is 9.66 Å². The molecular weight excluding hydrogens is 338 g/mol. The average molecular weight is 348 g/mol. The van der Waals surface area contributed by atoms with Crippen LogP contribution in [0.4, 0.5) is 5.69 Å². The number of rotatable bonds is 4. The molecule has 0 aliphatic heterocycles. The molecule has 0 radical (unpaired) electrons. The molecule has 2 rings (SSSR count). The average Bonchev–Trinajstić information content (AvgIpc) is 2.45. The molecule has 0 bridgehead atoms. The van der Waals surface area contributed by atoms with E-state index in [0.717, 1.165) is 5.56 Å². The molecule has 0 aliphatic rings. The van der Waals surface area contributed by atoms with Crippen LogP contribution in [0.1, 0.15) is 16.8 Å². The lowest BCUT2D eigenvalue weighted by Crippen LogP contribution is -2.02. The standard InChI is InChI=1S/C14H10BrN3O3/c1-9-4-11(15)6-13(18(19)20)14(9)21-8-10-2-3-17-12(5-10)7-16/h2-6H,8H2,1H3. The first kappa shape index (κ1) is 14.9. The van der Waals surface area contributed by atoms with Gasteiger partial charge in [-0.15, -0.1) is 0 Å². The molecule has 0 N–H and O–H groups in total. The van der Waals surface area contributed by atoms with Crippen molar-refractivity contribution in [1.29, 1.82) is 5.26 Å². The molecule has 0 amide bonds. The van der Waals surface area contributed by atoms with E-state index in [4.69, 9.17) is 10.00 Å². The van der Waals surface area contributed by atoms with Crippen LogP contribution in [-0.2, 0) is 6.61 Å². The molecule has 1 aromatic carbocycles. The van der Waals surface area contributed by atoms with Crippen LogP contribution in [0.3, 0.4) is 0 Å². The second-order valence-electron chi connectivity index (χ2n) is 4.28. The van der Waals surface area contributed by atoms with E-state index in [-0.39, 0.29) is 23.7 Å². The maximum Gasteiger partial charge on any atom is 0.312 e. The van der Waals surface area contributed by atoms with Crippen LogP contribution in [0, 0.1) is 28.4 Å². The van der Waals surface area contributed by atoms with Crippen LogP contribution in [0.15, 0.2) is 34.9 Å². The summed E-state index contributed by atoms with van der Waals surface area (Å²) in [5, 5.41) is 19.9. The minimum atomic E-state index is -0.486. The Balaban J connectivity index is 2.27. The van der Waals surface area contributed by atoms with E-state index in [1.165, 1.54) is 12.3 Å². The summed E-state index contributed by atoms with van der Waals surface area (Å²) in [5.41, 5.74) is 1.55. The number of pyridine rings is 1. The third-order valence-electron chi connectivity index (χ3n) is 2.74.